The normalized spacial score (nSPS) is 30.4. The summed E-state index contributed by atoms with van der Waals surface area (Å²) in [4.78, 5) is 24.2. The highest BCUT2D eigenvalue weighted by Gasteiger charge is 2.49. The molecule has 1 fully saturated rings. The Morgan fingerprint density at radius 1 is 1.36 bits per heavy atom. The third kappa shape index (κ3) is 1.61. The lowest BCUT2D eigenvalue weighted by Crippen LogP contribution is -2.50. The molecule has 0 amide bonds. The first kappa shape index (κ1) is 13.7. The quantitative estimate of drug-likeness (QED) is 0.801. The summed E-state index contributed by atoms with van der Waals surface area (Å²) in [5.41, 5.74) is 3.16. The van der Waals surface area contributed by atoms with Gasteiger partial charge in [0.05, 0.1) is 24.1 Å². The van der Waals surface area contributed by atoms with Crippen LogP contribution in [0.1, 0.15) is 35.3 Å². The molecule has 1 unspecified atom stereocenters. The summed E-state index contributed by atoms with van der Waals surface area (Å²) < 4.78 is 7.74. The van der Waals surface area contributed by atoms with E-state index in [0.717, 1.165) is 28.4 Å². The molecule has 0 aliphatic carbocycles. The smallest absolute Gasteiger partial charge is 0.237 e. The fourth-order valence-electron chi connectivity index (χ4n) is 4.42. The number of ether oxygens (including phenoxy) is 1. The fourth-order valence-corrected chi connectivity index (χ4v) is 4.42. The molecule has 0 spiro atoms. The number of para-hydroxylation sites is 1. The van der Waals surface area contributed by atoms with Crippen LogP contribution in [0.15, 0.2) is 24.3 Å². The van der Waals surface area contributed by atoms with Crippen molar-refractivity contribution in [2.24, 2.45) is 11.8 Å². The van der Waals surface area contributed by atoms with Crippen LogP contribution in [0.5, 0.6) is 0 Å². The summed E-state index contributed by atoms with van der Waals surface area (Å²) in [6.45, 7) is 4.60. The third-order valence-corrected chi connectivity index (χ3v) is 5.42. The number of hydrogen-bond acceptors (Lipinski definition) is 3. The number of aromatic nitrogens is 1. The molecular weight excluding hydrogens is 278 g/mol. The molecule has 1 aromatic carbocycles. The number of carbonyl (C=O) groups is 2. The molecule has 1 aromatic heterocycles. The number of carbonyl (C=O) groups excluding carboxylic acids is 2. The van der Waals surface area contributed by atoms with Crippen LogP contribution in [-0.2, 0) is 9.53 Å². The molecule has 114 valence electrons. The number of aryl methyl sites for hydroxylation is 1. The minimum atomic E-state index is -0.230. The van der Waals surface area contributed by atoms with Crippen molar-refractivity contribution in [3.63, 3.8) is 0 Å². The van der Waals surface area contributed by atoms with Crippen molar-refractivity contribution in [2.75, 3.05) is 6.61 Å². The molecule has 3 heterocycles. The Balaban J connectivity index is 2.02. The highest BCUT2D eigenvalue weighted by molar-refractivity contribution is 5.98. The van der Waals surface area contributed by atoms with Crippen molar-refractivity contribution >= 4 is 23.1 Å². The first-order valence-corrected chi connectivity index (χ1v) is 7.84. The largest absolute Gasteiger partial charge is 0.377 e. The van der Waals surface area contributed by atoms with Gasteiger partial charge >= 0.3 is 0 Å². The van der Waals surface area contributed by atoms with Crippen LogP contribution in [0.25, 0.3) is 10.9 Å². The van der Waals surface area contributed by atoms with E-state index in [4.69, 9.17) is 4.74 Å². The summed E-state index contributed by atoms with van der Waals surface area (Å²) in [5.74, 6) is 0.0296. The van der Waals surface area contributed by atoms with Crippen molar-refractivity contribution in [3.8, 4) is 0 Å². The first-order chi connectivity index (χ1) is 10.6. The maximum absolute atomic E-state index is 13.1. The van der Waals surface area contributed by atoms with Gasteiger partial charge in [0.1, 0.15) is 6.29 Å². The molecule has 2 aliphatic heterocycles. The highest BCUT2D eigenvalue weighted by Crippen LogP contribution is 2.47. The van der Waals surface area contributed by atoms with Crippen LogP contribution in [-0.4, -0.2) is 29.5 Å². The standard InChI is InChI=1S/C18H19NO3/c1-10-12-5-3-4-6-15(12)19-17(10)14-9-22-11(2)16(18(19)21)13(14)7-8-20/h3-6,8,11,13-14,16H,7,9H2,1-2H3/t11?,13-,14-,16+/m1/s1. The summed E-state index contributed by atoms with van der Waals surface area (Å²) in [5, 5.41) is 1.12. The number of rotatable bonds is 2. The second kappa shape index (κ2) is 4.78. The zero-order chi connectivity index (χ0) is 15.4. The summed E-state index contributed by atoms with van der Waals surface area (Å²) in [6.07, 6.45) is 1.24. The van der Waals surface area contributed by atoms with Gasteiger partial charge < -0.3 is 9.53 Å². The lowest BCUT2D eigenvalue weighted by molar-refractivity contribution is -0.112. The van der Waals surface area contributed by atoms with E-state index in [9.17, 15) is 9.59 Å². The van der Waals surface area contributed by atoms with Gasteiger partial charge in [0.15, 0.2) is 0 Å². The average Bonchev–Trinajstić information content (AvgIpc) is 2.81. The van der Waals surface area contributed by atoms with Crippen LogP contribution in [0.3, 0.4) is 0 Å². The van der Waals surface area contributed by atoms with Crippen LogP contribution >= 0.6 is 0 Å². The molecule has 1 saturated heterocycles. The molecule has 2 aliphatic rings. The van der Waals surface area contributed by atoms with E-state index in [-0.39, 0.29) is 29.8 Å². The lowest BCUT2D eigenvalue weighted by Gasteiger charge is -2.45. The molecule has 4 nitrogen and oxygen atoms in total. The van der Waals surface area contributed by atoms with E-state index in [1.54, 1.807) is 0 Å². The van der Waals surface area contributed by atoms with Gasteiger partial charge in [-0.2, -0.15) is 0 Å². The Hall–Kier alpha value is -1.94. The maximum atomic E-state index is 13.1. The molecule has 0 saturated carbocycles. The van der Waals surface area contributed by atoms with Gasteiger partial charge in [-0.05, 0) is 31.4 Å². The molecule has 0 radical (unpaired) electrons. The van der Waals surface area contributed by atoms with E-state index in [2.05, 4.69) is 13.0 Å². The second-order valence-corrected chi connectivity index (χ2v) is 6.44. The highest BCUT2D eigenvalue weighted by atomic mass is 16.5. The van der Waals surface area contributed by atoms with Crippen LogP contribution in [0.4, 0.5) is 0 Å². The van der Waals surface area contributed by atoms with Crippen LogP contribution < -0.4 is 0 Å². The third-order valence-electron chi connectivity index (χ3n) is 5.42. The Morgan fingerprint density at radius 3 is 2.91 bits per heavy atom. The van der Waals surface area contributed by atoms with Gasteiger partial charge in [0, 0.05) is 23.4 Å². The monoisotopic (exact) mass is 297 g/mol. The van der Waals surface area contributed by atoms with Gasteiger partial charge in [0.2, 0.25) is 5.91 Å². The topological polar surface area (TPSA) is 48.3 Å². The first-order valence-electron chi connectivity index (χ1n) is 7.84. The Labute approximate surface area is 129 Å². The lowest BCUT2D eigenvalue weighted by atomic mass is 9.70. The molecule has 0 N–H and O–H groups in total. The molecule has 2 bridgehead atoms. The molecule has 4 rings (SSSR count). The van der Waals surface area contributed by atoms with E-state index in [0.29, 0.717) is 13.0 Å². The fraction of sp³-hybridized carbons (Fsp3) is 0.444. The van der Waals surface area contributed by atoms with Crippen LogP contribution in [0.2, 0.25) is 0 Å². The van der Waals surface area contributed by atoms with Crippen molar-refractivity contribution < 1.29 is 14.3 Å². The van der Waals surface area contributed by atoms with Gasteiger partial charge in [-0.15, -0.1) is 0 Å². The van der Waals surface area contributed by atoms with Crippen molar-refractivity contribution in [3.05, 3.63) is 35.5 Å². The van der Waals surface area contributed by atoms with Gasteiger partial charge in [-0.1, -0.05) is 18.2 Å². The van der Waals surface area contributed by atoms with Gasteiger partial charge in [0.25, 0.3) is 0 Å². The van der Waals surface area contributed by atoms with E-state index in [1.807, 2.05) is 29.7 Å². The summed E-state index contributed by atoms with van der Waals surface area (Å²) >= 11 is 0. The van der Waals surface area contributed by atoms with E-state index >= 15 is 0 Å². The average molecular weight is 297 g/mol. The predicted molar refractivity (Wildman–Crippen MR) is 83.1 cm³/mol. The summed E-state index contributed by atoms with van der Waals surface area (Å²) in [7, 11) is 0. The zero-order valence-electron chi connectivity index (χ0n) is 12.8. The molecule has 4 atom stereocenters. The van der Waals surface area contributed by atoms with Crippen LogP contribution in [0, 0.1) is 18.8 Å². The predicted octanol–water partition coefficient (Wildman–Crippen LogP) is 2.93. The SMILES string of the molecule is Cc1c2n(c3ccccc13)C(=O)[C@H]1C(C)OC[C@@H]2[C@H]1CC=O. The molecule has 22 heavy (non-hydrogen) atoms. The number of nitrogens with zero attached hydrogens (tertiary/aromatic N) is 1. The van der Waals surface area contributed by atoms with E-state index < -0.39 is 0 Å². The summed E-state index contributed by atoms with van der Waals surface area (Å²) in [6, 6.07) is 8.03. The molecular formula is C18H19NO3. The van der Waals surface area contributed by atoms with Crippen molar-refractivity contribution in [1.82, 2.24) is 4.57 Å². The van der Waals surface area contributed by atoms with Gasteiger partial charge in [-0.3, -0.25) is 9.36 Å². The Kier molecular flexibility index (Phi) is 2.98. The minimum absolute atomic E-state index is 0.0595. The Morgan fingerprint density at radius 2 is 2.14 bits per heavy atom. The number of aldehydes is 1. The molecule has 4 heteroatoms. The number of fused-ring (bicyclic) bond motifs is 6. The second-order valence-electron chi connectivity index (χ2n) is 6.44. The van der Waals surface area contributed by atoms with E-state index in [1.165, 1.54) is 0 Å². The van der Waals surface area contributed by atoms with Crippen molar-refractivity contribution in [2.45, 2.75) is 32.3 Å². The van der Waals surface area contributed by atoms with Gasteiger partial charge in [-0.25, -0.2) is 0 Å². The zero-order valence-corrected chi connectivity index (χ0v) is 12.8. The Bertz CT molecular complexity index is 776. The maximum Gasteiger partial charge on any atom is 0.237 e. The molecule has 2 aromatic rings. The minimum Gasteiger partial charge on any atom is -0.377 e. The number of benzene rings is 1. The van der Waals surface area contributed by atoms with Crippen molar-refractivity contribution in [1.29, 1.82) is 0 Å². The number of hydrogen-bond donors (Lipinski definition) is 0.